The number of pyridine rings is 1. The Morgan fingerprint density at radius 3 is 2.77 bits per heavy atom. The van der Waals surface area contributed by atoms with Crippen LogP contribution in [0, 0.1) is 5.82 Å². The van der Waals surface area contributed by atoms with Crippen molar-refractivity contribution in [2.45, 2.75) is 44.2 Å². The Kier molecular flexibility index (Phi) is 6.19. The van der Waals surface area contributed by atoms with Crippen LogP contribution >= 0.6 is 11.3 Å². The first-order valence-electron chi connectivity index (χ1n) is 10.1. The van der Waals surface area contributed by atoms with Crippen molar-refractivity contribution in [1.82, 2.24) is 25.5 Å². The predicted molar refractivity (Wildman–Crippen MR) is 117 cm³/mol. The Hall–Kier alpha value is -2.98. The molecule has 4 rings (SSSR count). The van der Waals surface area contributed by atoms with Crippen molar-refractivity contribution in [2.24, 2.45) is 5.73 Å². The minimum absolute atomic E-state index is 0.208. The molecular formula is C21H24FN7OS. The summed E-state index contributed by atoms with van der Waals surface area (Å²) in [6.07, 6.45) is 6.18. The van der Waals surface area contributed by atoms with Crippen LogP contribution in [0.5, 0.6) is 0 Å². The van der Waals surface area contributed by atoms with E-state index in [0.29, 0.717) is 30.3 Å². The number of carbonyl (C=O) groups is 1. The zero-order chi connectivity index (χ0) is 21.8. The maximum absolute atomic E-state index is 14.3. The van der Waals surface area contributed by atoms with Gasteiger partial charge in [-0.1, -0.05) is 6.42 Å². The third-order valence-corrected chi connectivity index (χ3v) is 6.49. The molecular weight excluding hydrogens is 417 g/mol. The van der Waals surface area contributed by atoms with Gasteiger partial charge < -0.3 is 16.4 Å². The molecule has 162 valence electrons. The highest BCUT2D eigenvalue weighted by Gasteiger charge is 2.41. The number of nitrogens with zero attached hydrogens (tertiary/aromatic N) is 4. The fourth-order valence-electron chi connectivity index (χ4n) is 3.52. The number of nitrogens with one attached hydrogen (secondary N) is 2. The number of carbonyl (C=O) groups excluding carboxylic acids is 1. The summed E-state index contributed by atoms with van der Waals surface area (Å²) >= 11 is 1.44. The lowest BCUT2D eigenvalue weighted by atomic mass is 9.66. The number of rotatable bonds is 8. The lowest BCUT2D eigenvalue weighted by molar-refractivity contribution is -0.122. The SMILES string of the molecule is C[C@@H](N)C(=O)NCc1cnc(-c2ccc(NCC3(c4ncccc4F)CCC3)nn2)s1. The van der Waals surface area contributed by atoms with Gasteiger partial charge in [-0.3, -0.25) is 9.78 Å². The Bertz CT molecular complexity index is 1050. The van der Waals surface area contributed by atoms with Crippen molar-refractivity contribution < 1.29 is 9.18 Å². The van der Waals surface area contributed by atoms with E-state index in [1.54, 1.807) is 25.4 Å². The van der Waals surface area contributed by atoms with Crippen LogP contribution in [0.2, 0.25) is 0 Å². The Labute approximate surface area is 183 Å². The van der Waals surface area contributed by atoms with Gasteiger partial charge in [0.25, 0.3) is 0 Å². The summed E-state index contributed by atoms with van der Waals surface area (Å²) < 4.78 is 14.3. The van der Waals surface area contributed by atoms with Crippen LogP contribution in [0.1, 0.15) is 36.8 Å². The largest absolute Gasteiger partial charge is 0.368 e. The van der Waals surface area contributed by atoms with E-state index >= 15 is 0 Å². The summed E-state index contributed by atoms with van der Waals surface area (Å²) in [5, 5.41) is 15.3. The summed E-state index contributed by atoms with van der Waals surface area (Å²) in [6, 6.07) is 6.20. The lowest BCUT2D eigenvalue weighted by Crippen LogP contribution is -2.42. The number of thiazole rings is 1. The summed E-state index contributed by atoms with van der Waals surface area (Å²) in [5.74, 6) is 0.148. The van der Waals surface area contributed by atoms with Crippen molar-refractivity contribution in [2.75, 3.05) is 11.9 Å². The molecule has 1 amide bonds. The fourth-order valence-corrected chi connectivity index (χ4v) is 4.34. The van der Waals surface area contributed by atoms with Gasteiger partial charge >= 0.3 is 0 Å². The van der Waals surface area contributed by atoms with Crippen molar-refractivity contribution in [1.29, 1.82) is 0 Å². The molecule has 1 aliphatic rings. The number of anilines is 1. The van der Waals surface area contributed by atoms with Crippen molar-refractivity contribution in [3.63, 3.8) is 0 Å². The maximum Gasteiger partial charge on any atom is 0.236 e. The summed E-state index contributed by atoms with van der Waals surface area (Å²) in [7, 11) is 0. The molecule has 1 saturated carbocycles. The van der Waals surface area contributed by atoms with E-state index < -0.39 is 6.04 Å². The maximum atomic E-state index is 14.3. The molecule has 1 atom stereocenters. The van der Waals surface area contributed by atoms with E-state index in [9.17, 15) is 9.18 Å². The van der Waals surface area contributed by atoms with Crippen molar-refractivity contribution in [3.8, 4) is 10.7 Å². The molecule has 3 aromatic rings. The third kappa shape index (κ3) is 4.70. The number of hydrogen-bond acceptors (Lipinski definition) is 8. The quantitative estimate of drug-likeness (QED) is 0.492. The average Bonchev–Trinajstić information content (AvgIpc) is 3.22. The van der Waals surface area contributed by atoms with Crippen LogP contribution in [0.15, 0.2) is 36.7 Å². The topological polar surface area (TPSA) is 119 Å². The van der Waals surface area contributed by atoms with E-state index in [1.165, 1.54) is 17.4 Å². The van der Waals surface area contributed by atoms with E-state index in [2.05, 4.69) is 30.8 Å². The smallest absolute Gasteiger partial charge is 0.236 e. The number of nitrogens with two attached hydrogens (primary N) is 1. The van der Waals surface area contributed by atoms with Gasteiger partial charge in [-0.05, 0) is 44.0 Å². The normalized spacial score (nSPS) is 15.7. The number of hydrogen-bond donors (Lipinski definition) is 3. The average molecular weight is 442 g/mol. The zero-order valence-electron chi connectivity index (χ0n) is 17.1. The van der Waals surface area contributed by atoms with Crippen LogP contribution in [-0.2, 0) is 16.8 Å². The highest BCUT2D eigenvalue weighted by atomic mass is 32.1. The first kappa shape index (κ1) is 21.3. The van der Waals surface area contributed by atoms with Gasteiger partial charge in [0.2, 0.25) is 5.91 Å². The molecule has 31 heavy (non-hydrogen) atoms. The highest BCUT2D eigenvalue weighted by Crippen LogP contribution is 2.43. The van der Waals surface area contributed by atoms with Gasteiger partial charge in [0.05, 0.1) is 18.3 Å². The van der Waals surface area contributed by atoms with Gasteiger partial charge in [0, 0.05) is 29.2 Å². The molecule has 0 bridgehead atoms. The van der Waals surface area contributed by atoms with Gasteiger partial charge in [0.15, 0.2) is 0 Å². The molecule has 10 heteroatoms. The molecule has 3 heterocycles. The van der Waals surface area contributed by atoms with Gasteiger partial charge in [-0.2, -0.15) is 0 Å². The van der Waals surface area contributed by atoms with E-state index in [4.69, 9.17) is 5.73 Å². The second kappa shape index (κ2) is 9.03. The number of aromatic nitrogens is 4. The third-order valence-electron chi connectivity index (χ3n) is 5.47. The number of amides is 1. The molecule has 0 radical (unpaired) electrons. The second-order valence-electron chi connectivity index (χ2n) is 7.76. The lowest BCUT2D eigenvalue weighted by Gasteiger charge is -2.41. The van der Waals surface area contributed by atoms with Crippen LogP contribution in [0.25, 0.3) is 10.7 Å². The minimum atomic E-state index is -0.549. The highest BCUT2D eigenvalue weighted by molar-refractivity contribution is 7.15. The second-order valence-corrected chi connectivity index (χ2v) is 8.88. The van der Waals surface area contributed by atoms with Crippen LogP contribution in [0.3, 0.4) is 0 Å². The van der Waals surface area contributed by atoms with E-state index in [-0.39, 0.29) is 17.1 Å². The summed E-state index contributed by atoms with van der Waals surface area (Å²) in [6.45, 7) is 2.56. The zero-order valence-corrected chi connectivity index (χ0v) is 18.0. The van der Waals surface area contributed by atoms with Gasteiger partial charge in [-0.15, -0.1) is 21.5 Å². The minimum Gasteiger partial charge on any atom is -0.368 e. The summed E-state index contributed by atoms with van der Waals surface area (Å²) in [4.78, 5) is 21.1. The van der Waals surface area contributed by atoms with Crippen LogP contribution < -0.4 is 16.4 Å². The molecule has 0 unspecified atom stereocenters. The molecule has 8 nitrogen and oxygen atoms in total. The molecule has 0 saturated heterocycles. The molecule has 1 aliphatic carbocycles. The molecule has 0 aromatic carbocycles. The Balaban J connectivity index is 1.38. The molecule has 1 fully saturated rings. The molecule has 4 N–H and O–H groups in total. The van der Waals surface area contributed by atoms with E-state index in [1.807, 2.05) is 12.1 Å². The first-order valence-corrected chi connectivity index (χ1v) is 11.0. The monoisotopic (exact) mass is 441 g/mol. The standard InChI is InChI=1S/C21H24FN7OS/c1-13(23)19(30)25-10-14-11-26-20(31-14)16-5-6-17(29-28-16)27-12-21(7-3-8-21)18-15(22)4-2-9-24-18/h2,4-6,9,11,13H,3,7-8,10,12,23H2,1H3,(H,25,30)(H,27,29)/t13-/m1/s1. The van der Waals surface area contributed by atoms with Gasteiger partial charge in [-0.25, -0.2) is 9.37 Å². The molecule has 0 spiro atoms. The van der Waals surface area contributed by atoms with Crippen molar-refractivity contribution in [3.05, 3.63) is 53.0 Å². The Morgan fingerprint density at radius 2 is 2.13 bits per heavy atom. The fraction of sp³-hybridized carbons (Fsp3) is 0.381. The Morgan fingerprint density at radius 1 is 1.29 bits per heavy atom. The molecule has 0 aliphatic heterocycles. The van der Waals surface area contributed by atoms with Gasteiger partial charge in [0.1, 0.15) is 22.3 Å². The molecule has 3 aromatic heterocycles. The number of halogens is 1. The predicted octanol–water partition coefficient (Wildman–Crippen LogP) is 2.63. The first-order chi connectivity index (χ1) is 15.0. The van der Waals surface area contributed by atoms with Crippen LogP contribution in [0.4, 0.5) is 10.2 Å². The van der Waals surface area contributed by atoms with E-state index in [0.717, 1.165) is 29.1 Å². The van der Waals surface area contributed by atoms with Crippen molar-refractivity contribution >= 4 is 23.1 Å². The van der Waals surface area contributed by atoms with Crippen LogP contribution in [-0.4, -0.2) is 38.7 Å². The summed E-state index contributed by atoms with van der Waals surface area (Å²) in [5.41, 5.74) is 6.41.